The van der Waals surface area contributed by atoms with Crippen molar-refractivity contribution in [3.05, 3.63) is 102 Å². The van der Waals surface area contributed by atoms with Gasteiger partial charge in [0.2, 0.25) is 0 Å². The summed E-state index contributed by atoms with van der Waals surface area (Å²) in [7, 11) is 0. The minimum absolute atomic E-state index is 0.688. The first kappa shape index (κ1) is 15.6. The fraction of sp³-hybridized carbons (Fsp3) is 0. The molecular weight excluding hydrogens is 326 g/mol. The van der Waals surface area contributed by atoms with Crippen molar-refractivity contribution >= 4 is 11.6 Å². The first-order chi connectivity index (χ1) is 12.3. The number of halogens is 1. The Labute approximate surface area is 152 Å². The Morgan fingerprint density at radius 1 is 0.680 bits per heavy atom. The summed E-state index contributed by atoms with van der Waals surface area (Å²) < 4.78 is 0. The summed E-state index contributed by atoms with van der Waals surface area (Å²) in [5, 5.41) is 0.688. The lowest BCUT2D eigenvalue weighted by molar-refractivity contribution is 1.32. The zero-order valence-electron chi connectivity index (χ0n) is 13.5. The molecule has 0 saturated heterocycles. The van der Waals surface area contributed by atoms with Gasteiger partial charge in [0.15, 0.2) is 0 Å². The summed E-state index contributed by atoms with van der Waals surface area (Å²) in [5.74, 6) is 0. The topological polar surface area (TPSA) is 12.9 Å². The maximum Gasteiger partial charge on any atom is 0.0801 e. The first-order valence-electron chi connectivity index (χ1n) is 8.11. The highest BCUT2D eigenvalue weighted by Crippen LogP contribution is 2.36. The van der Waals surface area contributed by atoms with Crippen molar-refractivity contribution in [2.24, 2.45) is 0 Å². The first-order valence-corrected chi connectivity index (χ1v) is 8.49. The standard InChI is InChI=1S/C23H15ClN/c24-22-14-8-7-13-20(22)23-21(18-11-5-2-6-12-18)15-19(16-25-23)17-9-3-1-4-10-17/h1-14,16H. The molecule has 4 aromatic rings. The molecule has 0 amide bonds. The van der Waals surface area contributed by atoms with E-state index in [9.17, 15) is 0 Å². The molecule has 1 aromatic heterocycles. The van der Waals surface area contributed by atoms with Gasteiger partial charge in [0, 0.05) is 34.0 Å². The van der Waals surface area contributed by atoms with Crippen LogP contribution in [0.15, 0.2) is 91.1 Å². The van der Waals surface area contributed by atoms with Crippen LogP contribution in [0.25, 0.3) is 33.5 Å². The molecule has 0 unspecified atom stereocenters. The van der Waals surface area contributed by atoms with E-state index < -0.39 is 0 Å². The van der Waals surface area contributed by atoms with Crippen molar-refractivity contribution in [1.29, 1.82) is 0 Å². The van der Waals surface area contributed by atoms with Crippen LogP contribution in [0.2, 0.25) is 5.02 Å². The van der Waals surface area contributed by atoms with Crippen molar-refractivity contribution in [2.75, 3.05) is 0 Å². The van der Waals surface area contributed by atoms with Crippen LogP contribution >= 0.6 is 11.6 Å². The number of rotatable bonds is 3. The second kappa shape index (κ2) is 6.92. The van der Waals surface area contributed by atoms with E-state index in [4.69, 9.17) is 16.6 Å². The molecule has 0 spiro atoms. The third-order valence-electron chi connectivity index (χ3n) is 4.10. The Hall–Kier alpha value is -2.90. The minimum atomic E-state index is 0.688. The average molecular weight is 341 g/mol. The summed E-state index contributed by atoms with van der Waals surface area (Å²) in [4.78, 5) is 4.75. The SMILES string of the molecule is Clc1ccccc1-c1ncc(-c2ccccc2)[c]c1-c1ccccc1. The molecule has 0 fully saturated rings. The highest BCUT2D eigenvalue weighted by molar-refractivity contribution is 6.33. The van der Waals surface area contributed by atoms with Gasteiger partial charge in [-0.1, -0.05) is 90.5 Å². The fourth-order valence-corrected chi connectivity index (χ4v) is 3.08. The highest BCUT2D eigenvalue weighted by atomic mass is 35.5. The number of hydrogen-bond donors (Lipinski definition) is 0. The molecule has 2 heteroatoms. The van der Waals surface area contributed by atoms with E-state index in [1.807, 2.05) is 66.9 Å². The quantitative estimate of drug-likeness (QED) is 0.413. The molecule has 1 nitrogen and oxygen atoms in total. The van der Waals surface area contributed by atoms with E-state index in [0.717, 1.165) is 33.5 Å². The lowest BCUT2D eigenvalue weighted by Crippen LogP contribution is -1.92. The summed E-state index contributed by atoms with van der Waals surface area (Å²) in [5.41, 5.74) is 5.85. The summed E-state index contributed by atoms with van der Waals surface area (Å²) in [6.45, 7) is 0. The molecular formula is C23H15ClN. The summed E-state index contributed by atoms with van der Waals surface area (Å²) >= 11 is 6.42. The molecule has 1 heterocycles. The van der Waals surface area contributed by atoms with Crippen molar-refractivity contribution < 1.29 is 0 Å². The fourth-order valence-electron chi connectivity index (χ4n) is 2.86. The molecule has 0 bridgehead atoms. The van der Waals surface area contributed by atoms with E-state index in [-0.39, 0.29) is 0 Å². The maximum absolute atomic E-state index is 6.42. The zero-order valence-corrected chi connectivity index (χ0v) is 14.2. The molecule has 1 radical (unpaired) electrons. The molecule has 0 saturated carbocycles. The molecule has 0 aliphatic heterocycles. The third-order valence-corrected chi connectivity index (χ3v) is 4.43. The van der Waals surface area contributed by atoms with Crippen LogP contribution in [-0.2, 0) is 0 Å². The average Bonchev–Trinajstić information content (AvgIpc) is 2.69. The molecule has 0 N–H and O–H groups in total. The Morgan fingerprint density at radius 2 is 1.28 bits per heavy atom. The molecule has 0 atom stereocenters. The van der Waals surface area contributed by atoms with E-state index in [2.05, 4.69) is 30.3 Å². The molecule has 3 aromatic carbocycles. The normalized spacial score (nSPS) is 10.6. The summed E-state index contributed by atoms with van der Waals surface area (Å²) in [6.07, 6.45) is 1.86. The lowest BCUT2D eigenvalue weighted by atomic mass is 9.96. The second-order valence-electron chi connectivity index (χ2n) is 5.73. The number of aromatic nitrogens is 1. The van der Waals surface area contributed by atoms with Gasteiger partial charge in [0.25, 0.3) is 0 Å². The van der Waals surface area contributed by atoms with Gasteiger partial charge in [0.05, 0.1) is 5.69 Å². The lowest BCUT2D eigenvalue weighted by Gasteiger charge is -2.12. The van der Waals surface area contributed by atoms with Gasteiger partial charge in [-0.05, 0) is 17.2 Å². The van der Waals surface area contributed by atoms with E-state index >= 15 is 0 Å². The molecule has 119 valence electrons. The minimum Gasteiger partial charge on any atom is -0.255 e. The van der Waals surface area contributed by atoms with Crippen molar-refractivity contribution in [2.45, 2.75) is 0 Å². The smallest absolute Gasteiger partial charge is 0.0801 e. The van der Waals surface area contributed by atoms with Crippen LogP contribution in [0.5, 0.6) is 0 Å². The number of benzene rings is 3. The third kappa shape index (κ3) is 3.19. The second-order valence-corrected chi connectivity index (χ2v) is 6.14. The number of pyridine rings is 1. The van der Waals surface area contributed by atoms with Crippen molar-refractivity contribution in [1.82, 2.24) is 4.98 Å². The molecule has 0 aliphatic carbocycles. The summed E-state index contributed by atoms with van der Waals surface area (Å²) in [6, 6.07) is 31.7. The van der Waals surface area contributed by atoms with Crippen LogP contribution in [0.3, 0.4) is 0 Å². The Morgan fingerprint density at radius 3 is 1.96 bits per heavy atom. The van der Waals surface area contributed by atoms with Crippen LogP contribution in [-0.4, -0.2) is 4.98 Å². The van der Waals surface area contributed by atoms with Gasteiger partial charge in [-0.25, -0.2) is 0 Å². The predicted molar refractivity (Wildman–Crippen MR) is 104 cm³/mol. The van der Waals surface area contributed by atoms with E-state index in [1.165, 1.54) is 0 Å². The molecule has 0 aliphatic rings. The van der Waals surface area contributed by atoms with Gasteiger partial charge >= 0.3 is 0 Å². The van der Waals surface area contributed by atoms with Gasteiger partial charge in [-0.2, -0.15) is 0 Å². The van der Waals surface area contributed by atoms with Gasteiger partial charge in [-0.3, -0.25) is 4.98 Å². The predicted octanol–water partition coefficient (Wildman–Crippen LogP) is 6.54. The van der Waals surface area contributed by atoms with E-state index in [0.29, 0.717) is 5.02 Å². The monoisotopic (exact) mass is 340 g/mol. The number of nitrogens with zero attached hydrogens (tertiary/aromatic N) is 1. The molecule has 25 heavy (non-hydrogen) atoms. The Bertz CT molecular complexity index is 995. The Balaban J connectivity index is 1.95. The van der Waals surface area contributed by atoms with Crippen LogP contribution < -0.4 is 0 Å². The van der Waals surface area contributed by atoms with E-state index in [1.54, 1.807) is 0 Å². The maximum atomic E-state index is 6.42. The Kier molecular flexibility index (Phi) is 4.32. The largest absolute Gasteiger partial charge is 0.255 e. The van der Waals surface area contributed by atoms with Crippen molar-refractivity contribution in [3.63, 3.8) is 0 Å². The van der Waals surface area contributed by atoms with Crippen LogP contribution in [0, 0.1) is 6.07 Å². The zero-order chi connectivity index (χ0) is 17.1. The van der Waals surface area contributed by atoms with Gasteiger partial charge in [-0.15, -0.1) is 0 Å². The highest BCUT2D eigenvalue weighted by Gasteiger charge is 2.13. The van der Waals surface area contributed by atoms with Crippen LogP contribution in [0.1, 0.15) is 0 Å². The van der Waals surface area contributed by atoms with Gasteiger partial charge < -0.3 is 0 Å². The van der Waals surface area contributed by atoms with Crippen molar-refractivity contribution in [3.8, 4) is 33.5 Å². The molecule has 4 rings (SSSR count). The van der Waals surface area contributed by atoms with Crippen LogP contribution in [0.4, 0.5) is 0 Å². The number of hydrogen-bond acceptors (Lipinski definition) is 1. The van der Waals surface area contributed by atoms with Gasteiger partial charge in [0.1, 0.15) is 0 Å².